The van der Waals surface area contributed by atoms with Crippen molar-refractivity contribution < 1.29 is 28.6 Å². The first-order valence-corrected chi connectivity index (χ1v) is 11.3. The van der Waals surface area contributed by atoms with Gasteiger partial charge in [0, 0.05) is 23.9 Å². The number of aliphatic hydroxyl groups is 1. The molecule has 1 aromatic heterocycles. The first-order chi connectivity index (χ1) is 15.9. The van der Waals surface area contributed by atoms with Crippen LogP contribution in [0.2, 0.25) is 0 Å². The topological polar surface area (TPSA) is 89.0 Å². The van der Waals surface area contributed by atoms with E-state index in [1.54, 1.807) is 24.6 Å². The van der Waals surface area contributed by atoms with Gasteiger partial charge in [0.1, 0.15) is 29.2 Å². The highest BCUT2D eigenvalue weighted by atomic mass is 32.1. The molecule has 0 bridgehead atoms. The van der Waals surface area contributed by atoms with Gasteiger partial charge in [-0.25, -0.2) is 14.2 Å². The van der Waals surface area contributed by atoms with Gasteiger partial charge in [-0.2, -0.15) is 0 Å². The fourth-order valence-electron chi connectivity index (χ4n) is 3.72. The van der Waals surface area contributed by atoms with Crippen LogP contribution in [0.15, 0.2) is 53.9 Å². The molecule has 1 N–H and O–H groups in total. The third-order valence-corrected chi connectivity index (χ3v) is 6.34. The molecule has 33 heavy (non-hydrogen) atoms. The Morgan fingerprint density at radius 1 is 1.24 bits per heavy atom. The Hall–Kier alpha value is -3.30. The van der Waals surface area contributed by atoms with Crippen LogP contribution in [0.5, 0.6) is 5.75 Å². The number of methoxy groups -OCH3 is 1. The van der Waals surface area contributed by atoms with E-state index in [0.29, 0.717) is 5.69 Å². The SMILES string of the molecule is COc1cccc(-c2nc(COC(=O)C3CC(O)CN3C(=O)Cc3ccccc3F)cs2)c1. The van der Waals surface area contributed by atoms with E-state index >= 15 is 0 Å². The Balaban J connectivity index is 1.38. The van der Waals surface area contributed by atoms with Crippen LogP contribution in [0.1, 0.15) is 17.7 Å². The maximum atomic E-state index is 13.9. The van der Waals surface area contributed by atoms with Crippen molar-refractivity contribution in [3.63, 3.8) is 0 Å². The van der Waals surface area contributed by atoms with Crippen molar-refractivity contribution in [2.24, 2.45) is 0 Å². The number of aromatic nitrogens is 1. The van der Waals surface area contributed by atoms with Gasteiger partial charge < -0.3 is 19.5 Å². The van der Waals surface area contributed by atoms with Gasteiger partial charge in [-0.1, -0.05) is 30.3 Å². The Labute approximate surface area is 194 Å². The average molecular weight is 471 g/mol. The summed E-state index contributed by atoms with van der Waals surface area (Å²) in [7, 11) is 1.59. The van der Waals surface area contributed by atoms with Crippen molar-refractivity contribution in [1.82, 2.24) is 9.88 Å². The molecule has 1 fully saturated rings. The highest BCUT2D eigenvalue weighted by Crippen LogP contribution is 2.27. The molecule has 1 aliphatic heterocycles. The Bertz CT molecular complexity index is 1150. The number of β-amino-alcohol motifs (C(OH)–C–C–N with tert-alkyl or cyclic N) is 1. The van der Waals surface area contributed by atoms with E-state index in [9.17, 15) is 19.1 Å². The molecule has 2 unspecified atom stereocenters. The van der Waals surface area contributed by atoms with Gasteiger partial charge in [0.2, 0.25) is 5.91 Å². The summed E-state index contributed by atoms with van der Waals surface area (Å²) in [5.74, 6) is -0.826. The number of benzene rings is 2. The minimum atomic E-state index is -0.921. The van der Waals surface area contributed by atoms with Crippen LogP contribution in [0.25, 0.3) is 10.6 Å². The normalized spacial score (nSPS) is 17.7. The summed E-state index contributed by atoms with van der Waals surface area (Å²) < 4.78 is 24.6. The summed E-state index contributed by atoms with van der Waals surface area (Å²) in [5.41, 5.74) is 1.71. The number of rotatable bonds is 7. The molecule has 1 aliphatic rings. The molecule has 0 spiro atoms. The molecule has 2 heterocycles. The van der Waals surface area contributed by atoms with Gasteiger partial charge in [0.05, 0.1) is 25.3 Å². The number of thiazole rings is 1. The van der Waals surface area contributed by atoms with Crippen molar-refractivity contribution in [2.75, 3.05) is 13.7 Å². The zero-order valence-electron chi connectivity index (χ0n) is 17.9. The van der Waals surface area contributed by atoms with E-state index in [0.717, 1.165) is 16.3 Å². The second kappa shape index (κ2) is 10.1. The van der Waals surface area contributed by atoms with Gasteiger partial charge in [-0.15, -0.1) is 11.3 Å². The molecule has 4 rings (SSSR count). The summed E-state index contributed by atoms with van der Waals surface area (Å²) >= 11 is 1.42. The number of carbonyl (C=O) groups is 2. The highest BCUT2D eigenvalue weighted by molar-refractivity contribution is 7.13. The average Bonchev–Trinajstić information content (AvgIpc) is 3.46. The van der Waals surface area contributed by atoms with E-state index in [-0.39, 0.29) is 31.6 Å². The molecular weight excluding hydrogens is 447 g/mol. The van der Waals surface area contributed by atoms with Crippen LogP contribution in [0.4, 0.5) is 4.39 Å². The predicted molar refractivity (Wildman–Crippen MR) is 120 cm³/mol. The summed E-state index contributed by atoms with van der Waals surface area (Å²) in [4.78, 5) is 31.2. The number of esters is 1. The van der Waals surface area contributed by atoms with E-state index in [4.69, 9.17) is 9.47 Å². The number of ether oxygens (including phenoxy) is 2. The molecule has 1 amide bonds. The summed E-state index contributed by atoms with van der Waals surface area (Å²) in [6.45, 7) is -0.0506. The van der Waals surface area contributed by atoms with Crippen molar-refractivity contribution in [2.45, 2.75) is 31.6 Å². The van der Waals surface area contributed by atoms with Crippen molar-refractivity contribution in [1.29, 1.82) is 0 Å². The van der Waals surface area contributed by atoms with Crippen LogP contribution in [-0.4, -0.2) is 52.7 Å². The lowest BCUT2D eigenvalue weighted by Crippen LogP contribution is -2.42. The lowest BCUT2D eigenvalue weighted by molar-refractivity contribution is -0.154. The van der Waals surface area contributed by atoms with Crippen LogP contribution in [-0.2, 0) is 27.4 Å². The molecule has 0 aliphatic carbocycles. The van der Waals surface area contributed by atoms with Crippen molar-refractivity contribution in [3.8, 4) is 16.3 Å². The first kappa shape index (κ1) is 22.9. The number of hydrogen-bond donors (Lipinski definition) is 1. The van der Waals surface area contributed by atoms with Crippen LogP contribution in [0.3, 0.4) is 0 Å². The van der Waals surface area contributed by atoms with E-state index in [1.807, 2.05) is 24.3 Å². The maximum Gasteiger partial charge on any atom is 0.329 e. The van der Waals surface area contributed by atoms with Crippen LogP contribution >= 0.6 is 11.3 Å². The van der Waals surface area contributed by atoms with Crippen LogP contribution < -0.4 is 4.74 Å². The van der Waals surface area contributed by atoms with Gasteiger partial charge in [-0.05, 0) is 23.8 Å². The minimum absolute atomic E-state index is 0.00371. The molecule has 3 aromatic rings. The molecule has 172 valence electrons. The monoisotopic (exact) mass is 470 g/mol. The number of carbonyl (C=O) groups excluding carboxylic acids is 2. The molecule has 1 saturated heterocycles. The quantitative estimate of drug-likeness (QED) is 0.534. The number of halogens is 1. The van der Waals surface area contributed by atoms with E-state index in [2.05, 4.69) is 4.98 Å². The van der Waals surface area contributed by atoms with Crippen molar-refractivity contribution in [3.05, 3.63) is 71.0 Å². The third-order valence-electron chi connectivity index (χ3n) is 5.40. The third kappa shape index (κ3) is 5.37. The number of aliphatic hydroxyl groups excluding tert-OH is 1. The smallest absolute Gasteiger partial charge is 0.329 e. The number of hydrogen-bond acceptors (Lipinski definition) is 7. The van der Waals surface area contributed by atoms with Gasteiger partial charge in [0.15, 0.2) is 0 Å². The molecule has 0 radical (unpaired) electrons. The van der Waals surface area contributed by atoms with Gasteiger partial charge in [-0.3, -0.25) is 4.79 Å². The highest BCUT2D eigenvalue weighted by Gasteiger charge is 2.40. The number of nitrogens with zero attached hydrogens (tertiary/aromatic N) is 2. The minimum Gasteiger partial charge on any atom is -0.497 e. The molecule has 7 nitrogen and oxygen atoms in total. The number of likely N-dealkylation sites (tertiary alicyclic amines) is 1. The lowest BCUT2D eigenvalue weighted by Gasteiger charge is -2.23. The Morgan fingerprint density at radius 3 is 2.85 bits per heavy atom. The Kier molecular flexibility index (Phi) is 7.00. The summed E-state index contributed by atoms with van der Waals surface area (Å²) in [5, 5.41) is 12.6. The standard InChI is InChI=1S/C24H23FN2O5S/c1-31-19-7-4-6-16(9-19)23-26-17(14-33-23)13-32-24(30)21-11-18(28)12-27(21)22(29)10-15-5-2-3-8-20(15)25/h2-9,14,18,21,28H,10-13H2,1H3. The largest absolute Gasteiger partial charge is 0.497 e. The fourth-order valence-corrected chi connectivity index (χ4v) is 4.52. The second-order valence-corrected chi connectivity index (χ2v) is 8.56. The van der Waals surface area contributed by atoms with Crippen molar-refractivity contribution >= 4 is 23.2 Å². The predicted octanol–water partition coefficient (Wildman–Crippen LogP) is 3.21. The zero-order chi connectivity index (χ0) is 23.4. The molecule has 0 saturated carbocycles. The number of amides is 1. The maximum absolute atomic E-state index is 13.9. The summed E-state index contributed by atoms with van der Waals surface area (Å²) in [6.07, 6.45) is -0.960. The molecule has 9 heteroatoms. The summed E-state index contributed by atoms with van der Waals surface area (Å²) in [6, 6.07) is 12.6. The molecule has 2 atom stereocenters. The van der Waals surface area contributed by atoms with Gasteiger partial charge in [0.25, 0.3) is 0 Å². The zero-order valence-corrected chi connectivity index (χ0v) is 18.8. The second-order valence-electron chi connectivity index (χ2n) is 7.70. The van der Waals surface area contributed by atoms with Gasteiger partial charge >= 0.3 is 5.97 Å². The first-order valence-electron chi connectivity index (χ1n) is 10.4. The lowest BCUT2D eigenvalue weighted by atomic mass is 10.1. The Morgan fingerprint density at radius 2 is 2.06 bits per heavy atom. The molecule has 2 aromatic carbocycles. The van der Waals surface area contributed by atoms with E-state index < -0.39 is 29.8 Å². The fraction of sp³-hybridized carbons (Fsp3) is 0.292. The van der Waals surface area contributed by atoms with E-state index in [1.165, 1.54) is 28.4 Å². The molecular formula is C24H23FN2O5S. The van der Waals surface area contributed by atoms with Crippen LogP contribution in [0, 0.1) is 5.82 Å².